The number of hydrogen-bond donors (Lipinski definition) is 1. The van der Waals surface area contributed by atoms with Gasteiger partial charge in [-0.2, -0.15) is 5.10 Å². The minimum Gasteiger partial charge on any atom is -0.378 e. The molecule has 5 nitrogen and oxygen atoms in total. The SMILES string of the molecule is CN1Cc2cc(N3CCOCC3)cc(F)c2C(c2ccc3cn[nH]c3c2)C1. The van der Waals surface area contributed by atoms with Gasteiger partial charge in [0.05, 0.1) is 24.9 Å². The molecule has 1 atom stereocenters. The highest BCUT2D eigenvalue weighted by atomic mass is 19.1. The lowest BCUT2D eigenvalue weighted by atomic mass is 9.83. The van der Waals surface area contributed by atoms with E-state index in [0.29, 0.717) is 13.2 Å². The van der Waals surface area contributed by atoms with E-state index in [2.05, 4.69) is 51.3 Å². The van der Waals surface area contributed by atoms with Gasteiger partial charge in [-0.15, -0.1) is 0 Å². The van der Waals surface area contributed by atoms with Gasteiger partial charge in [0.15, 0.2) is 0 Å². The molecule has 5 rings (SSSR count). The fourth-order valence-corrected chi connectivity index (χ4v) is 4.39. The van der Waals surface area contributed by atoms with Crippen molar-refractivity contribution in [2.24, 2.45) is 0 Å². The van der Waals surface area contributed by atoms with Crippen molar-refractivity contribution >= 4 is 16.6 Å². The van der Waals surface area contributed by atoms with Crippen molar-refractivity contribution in [3.05, 3.63) is 59.0 Å². The van der Waals surface area contributed by atoms with Crippen LogP contribution in [0.1, 0.15) is 22.6 Å². The third-order valence-electron chi connectivity index (χ3n) is 5.73. The van der Waals surface area contributed by atoms with E-state index < -0.39 is 0 Å². The molecule has 1 N–H and O–H groups in total. The van der Waals surface area contributed by atoms with Gasteiger partial charge in [-0.3, -0.25) is 5.10 Å². The molecule has 1 aromatic heterocycles. The van der Waals surface area contributed by atoms with Gasteiger partial charge in [-0.05, 0) is 36.4 Å². The highest BCUT2D eigenvalue weighted by Gasteiger charge is 2.29. The van der Waals surface area contributed by atoms with E-state index in [4.69, 9.17) is 4.74 Å². The van der Waals surface area contributed by atoms with Crippen LogP contribution in [0, 0.1) is 5.82 Å². The molecule has 1 saturated heterocycles. The van der Waals surface area contributed by atoms with E-state index in [9.17, 15) is 0 Å². The number of benzene rings is 2. The first-order chi connectivity index (χ1) is 13.2. The third-order valence-corrected chi connectivity index (χ3v) is 5.73. The highest BCUT2D eigenvalue weighted by molar-refractivity contribution is 5.78. The largest absolute Gasteiger partial charge is 0.378 e. The summed E-state index contributed by atoms with van der Waals surface area (Å²) < 4.78 is 20.7. The van der Waals surface area contributed by atoms with Crippen LogP contribution >= 0.6 is 0 Å². The Morgan fingerprint density at radius 2 is 2.04 bits per heavy atom. The molecule has 3 aromatic rings. The molecule has 1 unspecified atom stereocenters. The van der Waals surface area contributed by atoms with Gasteiger partial charge in [0.2, 0.25) is 0 Å². The van der Waals surface area contributed by atoms with E-state index in [1.165, 1.54) is 0 Å². The number of nitrogens with zero attached hydrogens (tertiary/aromatic N) is 3. The topological polar surface area (TPSA) is 44.4 Å². The molecule has 0 saturated carbocycles. The fourth-order valence-electron chi connectivity index (χ4n) is 4.39. The van der Waals surface area contributed by atoms with Crippen molar-refractivity contribution in [1.82, 2.24) is 15.1 Å². The van der Waals surface area contributed by atoms with Crippen LogP contribution in [0.4, 0.5) is 10.1 Å². The van der Waals surface area contributed by atoms with Gasteiger partial charge in [0.1, 0.15) is 5.82 Å². The van der Waals surface area contributed by atoms with Crippen molar-refractivity contribution in [2.45, 2.75) is 12.5 Å². The third kappa shape index (κ3) is 2.99. The average molecular weight is 366 g/mol. The number of likely N-dealkylation sites (N-methyl/N-ethyl adjacent to an activating group) is 1. The van der Waals surface area contributed by atoms with Crippen LogP contribution in [0.2, 0.25) is 0 Å². The molecule has 3 heterocycles. The number of halogens is 1. The molecule has 0 aliphatic carbocycles. The number of nitrogens with one attached hydrogen (secondary N) is 1. The summed E-state index contributed by atoms with van der Waals surface area (Å²) in [5.41, 5.74) is 5.00. The summed E-state index contributed by atoms with van der Waals surface area (Å²) >= 11 is 0. The first-order valence-corrected chi connectivity index (χ1v) is 9.45. The van der Waals surface area contributed by atoms with Crippen LogP contribution in [0.5, 0.6) is 0 Å². The molecule has 0 spiro atoms. The van der Waals surface area contributed by atoms with E-state index in [0.717, 1.165) is 59.5 Å². The fraction of sp³-hybridized carbons (Fsp3) is 0.381. The zero-order chi connectivity index (χ0) is 18.4. The summed E-state index contributed by atoms with van der Waals surface area (Å²) in [7, 11) is 2.10. The lowest BCUT2D eigenvalue weighted by Gasteiger charge is -2.35. The Bertz CT molecular complexity index is 979. The maximum Gasteiger partial charge on any atom is 0.129 e. The van der Waals surface area contributed by atoms with Crippen molar-refractivity contribution in [1.29, 1.82) is 0 Å². The Balaban J connectivity index is 1.57. The molecule has 2 aliphatic rings. The summed E-state index contributed by atoms with van der Waals surface area (Å²) in [6, 6.07) is 10.1. The van der Waals surface area contributed by atoms with Gasteiger partial charge in [-0.1, -0.05) is 12.1 Å². The molecule has 0 amide bonds. The number of rotatable bonds is 2. The molecule has 27 heavy (non-hydrogen) atoms. The highest BCUT2D eigenvalue weighted by Crippen LogP contribution is 2.38. The van der Waals surface area contributed by atoms with Crippen LogP contribution < -0.4 is 4.90 Å². The average Bonchev–Trinajstić information content (AvgIpc) is 3.15. The number of aromatic nitrogens is 2. The van der Waals surface area contributed by atoms with Gasteiger partial charge < -0.3 is 14.5 Å². The molecule has 140 valence electrons. The maximum absolute atomic E-state index is 15.3. The number of H-pyrrole nitrogens is 1. The summed E-state index contributed by atoms with van der Waals surface area (Å²) in [5.74, 6) is -0.0815. The van der Waals surface area contributed by atoms with E-state index in [-0.39, 0.29) is 11.7 Å². The predicted molar refractivity (Wildman–Crippen MR) is 104 cm³/mol. The quantitative estimate of drug-likeness (QED) is 0.757. The summed E-state index contributed by atoms with van der Waals surface area (Å²) in [6.45, 7) is 4.60. The molecule has 0 radical (unpaired) electrons. The van der Waals surface area contributed by atoms with Crippen molar-refractivity contribution in [3.63, 3.8) is 0 Å². The molecule has 2 aromatic carbocycles. The molecular weight excluding hydrogens is 343 g/mol. The molecule has 0 bridgehead atoms. The lowest BCUT2D eigenvalue weighted by Crippen LogP contribution is -2.37. The standard InChI is InChI=1S/C21H23FN4O/c1-25-12-16-8-17(26-4-6-27-7-5-26)10-19(22)21(16)18(13-25)14-2-3-15-11-23-24-20(15)9-14/h2-3,8-11,18H,4-7,12-13H2,1H3,(H,23,24). The summed E-state index contributed by atoms with van der Waals surface area (Å²) in [5, 5.41) is 8.20. The van der Waals surface area contributed by atoms with Crippen LogP contribution in [0.25, 0.3) is 10.9 Å². The lowest BCUT2D eigenvalue weighted by molar-refractivity contribution is 0.122. The van der Waals surface area contributed by atoms with Crippen molar-refractivity contribution in [3.8, 4) is 0 Å². The second-order valence-corrected chi connectivity index (χ2v) is 7.57. The first kappa shape index (κ1) is 16.7. The minimum absolute atomic E-state index is 0.0187. The monoisotopic (exact) mass is 366 g/mol. The Labute approximate surface area is 157 Å². The number of morpholine rings is 1. The predicted octanol–water partition coefficient (Wildman–Crippen LogP) is 3.12. The van der Waals surface area contributed by atoms with Gasteiger partial charge in [0.25, 0.3) is 0 Å². The Hall–Kier alpha value is -2.44. The second-order valence-electron chi connectivity index (χ2n) is 7.57. The zero-order valence-electron chi connectivity index (χ0n) is 15.4. The number of fused-ring (bicyclic) bond motifs is 2. The van der Waals surface area contributed by atoms with Crippen LogP contribution in [-0.4, -0.2) is 55.0 Å². The second kappa shape index (κ2) is 6.62. The number of ether oxygens (including phenoxy) is 1. The van der Waals surface area contributed by atoms with E-state index >= 15 is 4.39 Å². The molecular formula is C21H23FN4O. The summed E-state index contributed by atoms with van der Waals surface area (Å²) in [6.07, 6.45) is 1.81. The summed E-state index contributed by atoms with van der Waals surface area (Å²) in [4.78, 5) is 4.49. The molecule has 6 heteroatoms. The Morgan fingerprint density at radius 1 is 1.19 bits per heavy atom. The zero-order valence-corrected chi connectivity index (χ0v) is 15.4. The van der Waals surface area contributed by atoms with Gasteiger partial charge in [0, 0.05) is 48.7 Å². The number of anilines is 1. The number of hydrogen-bond acceptors (Lipinski definition) is 4. The van der Waals surface area contributed by atoms with Crippen molar-refractivity contribution < 1.29 is 9.13 Å². The van der Waals surface area contributed by atoms with E-state index in [1.807, 2.05) is 6.20 Å². The normalized spacial score (nSPS) is 20.8. The van der Waals surface area contributed by atoms with Gasteiger partial charge >= 0.3 is 0 Å². The molecule has 1 fully saturated rings. The van der Waals surface area contributed by atoms with Crippen LogP contribution in [0.3, 0.4) is 0 Å². The van der Waals surface area contributed by atoms with E-state index in [1.54, 1.807) is 6.07 Å². The van der Waals surface area contributed by atoms with Crippen LogP contribution in [-0.2, 0) is 11.3 Å². The van der Waals surface area contributed by atoms with Crippen molar-refractivity contribution in [2.75, 3.05) is 44.8 Å². The number of aromatic amines is 1. The minimum atomic E-state index is -0.100. The first-order valence-electron chi connectivity index (χ1n) is 9.45. The smallest absolute Gasteiger partial charge is 0.129 e. The molecule has 2 aliphatic heterocycles. The van der Waals surface area contributed by atoms with Crippen LogP contribution in [0.15, 0.2) is 36.5 Å². The Kier molecular flexibility index (Phi) is 4.10. The maximum atomic E-state index is 15.3. The van der Waals surface area contributed by atoms with Gasteiger partial charge in [-0.25, -0.2) is 4.39 Å². The Morgan fingerprint density at radius 3 is 2.89 bits per heavy atom.